The molecule has 0 spiro atoms. The summed E-state index contributed by atoms with van der Waals surface area (Å²) in [7, 11) is 0. The molecule has 1 amide bonds. The molecule has 0 fully saturated rings. The molecule has 0 aliphatic rings. The Morgan fingerprint density at radius 2 is 1.97 bits per heavy atom. The van der Waals surface area contributed by atoms with E-state index in [-0.39, 0.29) is 11.3 Å². The number of rotatable bonds is 6. The Kier molecular flexibility index (Phi) is 5.99. The fraction of sp³-hybridized carbons (Fsp3) is 0.150. The molecule has 0 saturated carbocycles. The number of hydrogen-bond donors (Lipinski definition) is 1. The number of aromatic nitrogens is 1. The second kappa shape index (κ2) is 8.61. The lowest BCUT2D eigenvalue weighted by atomic mass is 10.1. The molecule has 2 aromatic carbocycles. The first-order valence-corrected chi connectivity index (χ1v) is 9.46. The van der Waals surface area contributed by atoms with Gasteiger partial charge in [-0.15, -0.1) is 11.3 Å². The fourth-order valence-corrected chi connectivity index (χ4v) is 3.35. The highest BCUT2D eigenvalue weighted by Crippen LogP contribution is 2.25. The molecule has 0 atom stereocenters. The molecule has 0 unspecified atom stereocenters. The topological polar surface area (TPSA) is 111 Å². The summed E-state index contributed by atoms with van der Waals surface area (Å²) in [5, 5.41) is 16.7. The molecule has 1 N–H and O–H groups in total. The maximum atomic E-state index is 12.2. The molecule has 148 valence electrons. The van der Waals surface area contributed by atoms with Crippen LogP contribution in [0.4, 0.5) is 11.4 Å². The lowest BCUT2D eigenvalue weighted by Gasteiger charge is -2.08. The predicted molar refractivity (Wildman–Crippen MR) is 109 cm³/mol. The van der Waals surface area contributed by atoms with Gasteiger partial charge in [-0.25, -0.2) is 9.78 Å². The first kappa shape index (κ1) is 20.2. The number of thiazole rings is 1. The number of nitro benzene ring substituents is 1. The molecule has 0 saturated heterocycles. The summed E-state index contributed by atoms with van der Waals surface area (Å²) in [6.07, 6.45) is 0. The van der Waals surface area contributed by atoms with Crippen molar-refractivity contribution in [1.82, 2.24) is 4.98 Å². The quantitative estimate of drug-likeness (QED) is 0.371. The van der Waals surface area contributed by atoms with Crippen LogP contribution >= 0.6 is 11.3 Å². The van der Waals surface area contributed by atoms with Gasteiger partial charge < -0.3 is 10.1 Å². The van der Waals surface area contributed by atoms with Crippen LogP contribution in [0.5, 0.6) is 0 Å². The van der Waals surface area contributed by atoms with Gasteiger partial charge in [-0.1, -0.05) is 24.3 Å². The van der Waals surface area contributed by atoms with Crippen LogP contribution in [0.15, 0.2) is 47.8 Å². The number of ether oxygens (including phenoxy) is 1. The highest BCUT2D eigenvalue weighted by atomic mass is 32.1. The third-order valence-corrected chi connectivity index (χ3v) is 4.81. The van der Waals surface area contributed by atoms with Crippen LogP contribution in [0.1, 0.15) is 20.9 Å². The number of nitrogens with one attached hydrogen (secondary N) is 1. The summed E-state index contributed by atoms with van der Waals surface area (Å²) in [6.45, 7) is 2.87. The number of anilines is 1. The molecule has 0 radical (unpaired) electrons. The molecule has 1 aromatic heterocycles. The van der Waals surface area contributed by atoms with Crippen molar-refractivity contribution in [3.8, 4) is 11.3 Å². The number of aryl methyl sites for hydroxylation is 2. The molecule has 3 aromatic rings. The summed E-state index contributed by atoms with van der Waals surface area (Å²) < 4.78 is 4.96. The lowest BCUT2D eigenvalue weighted by molar-refractivity contribution is -0.385. The van der Waals surface area contributed by atoms with Gasteiger partial charge in [0.2, 0.25) is 0 Å². The third-order valence-electron chi connectivity index (χ3n) is 4.04. The van der Waals surface area contributed by atoms with Crippen molar-refractivity contribution in [2.45, 2.75) is 13.8 Å². The monoisotopic (exact) mass is 411 g/mol. The standard InChI is InChI=1S/C20H17N3O5S/c1-12-5-3-8-16(19(12)23(26)27)20(25)28-10-18(24)22-15-7-4-6-14(9-15)17-11-29-13(2)21-17/h3-9,11H,10H2,1-2H3,(H,22,24). The van der Waals surface area contributed by atoms with Gasteiger partial charge in [0.15, 0.2) is 6.61 Å². The average Bonchev–Trinajstić information content (AvgIpc) is 3.12. The SMILES string of the molecule is Cc1nc(-c2cccc(NC(=O)COC(=O)c3cccc(C)c3[N+](=O)[O-])c2)cs1. The van der Waals surface area contributed by atoms with Gasteiger partial charge >= 0.3 is 5.97 Å². The van der Waals surface area contributed by atoms with Gasteiger partial charge in [0.05, 0.1) is 15.6 Å². The van der Waals surface area contributed by atoms with Crippen molar-refractivity contribution in [2.75, 3.05) is 11.9 Å². The van der Waals surface area contributed by atoms with Crippen LogP contribution in [-0.2, 0) is 9.53 Å². The summed E-state index contributed by atoms with van der Waals surface area (Å²) in [4.78, 5) is 39.3. The largest absolute Gasteiger partial charge is 0.452 e. The van der Waals surface area contributed by atoms with E-state index in [9.17, 15) is 19.7 Å². The Bertz CT molecular complexity index is 1090. The van der Waals surface area contributed by atoms with Gasteiger partial charge in [0, 0.05) is 22.2 Å². The van der Waals surface area contributed by atoms with E-state index < -0.39 is 23.4 Å². The number of amides is 1. The van der Waals surface area contributed by atoms with E-state index in [1.165, 1.54) is 36.5 Å². The molecule has 29 heavy (non-hydrogen) atoms. The Morgan fingerprint density at radius 1 is 1.21 bits per heavy atom. The van der Waals surface area contributed by atoms with E-state index in [1.54, 1.807) is 18.2 Å². The smallest absolute Gasteiger partial charge is 0.345 e. The highest BCUT2D eigenvalue weighted by Gasteiger charge is 2.24. The Labute approximate surface area is 170 Å². The number of hydrogen-bond acceptors (Lipinski definition) is 7. The van der Waals surface area contributed by atoms with Crippen molar-refractivity contribution >= 4 is 34.6 Å². The molecular weight excluding hydrogens is 394 g/mol. The predicted octanol–water partition coefficient (Wildman–Crippen LogP) is 4.13. The van der Waals surface area contributed by atoms with Gasteiger partial charge in [-0.05, 0) is 32.0 Å². The molecule has 9 heteroatoms. The number of esters is 1. The summed E-state index contributed by atoms with van der Waals surface area (Å²) in [5.74, 6) is -1.48. The van der Waals surface area contributed by atoms with Gasteiger partial charge in [-0.2, -0.15) is 0 Å². The van der Waals surface area contributed by atoms with E-state index in [0.29, 0.717) is 11.3 Å². The zero-order valence-corrected chi connectivity index (χ0v) is 16.5. The normalized spacial score (nSPS) is 10.4. The van der Waals surface area contributed by atoms with Crippen LogP contribution < -0.4 is 5.32 Å². The summed E-state index contributed by atoms with van der Waals surface area (Å²) in [6, 6.07) is 11.5. The van der Waals surface area contributed by atoms with E-state index in [4.69, 9.17) is 4.74 Å². The number of nitro groups is 1. The zero-order chi connectivity index (χ0) is 21.0. The van der Waals surface area contributed by atoms with Crippen molar-refractivity contribution < 1.29 is 19.2 Å². The highest BCUT2D eigenvalue weighted by molar-refractivity contribution is 7.09. The minimum Gasteiger partial charge on any atom is -0.452 e. The Morgan fingerprint density at radius 3 is 2.66 bits per heavy atom. The summed E-state index contributed by atoms with van der Waals surface area (Å²) in [5.41, 5.74) is 1.99. The zero-order valence-electron chi connectivity index (χ0n) is 15.7. The molecule has 3 rings (SSSR count). The van der Waals surface area contributed by atoms with Crippen LogP contribution in [0.2, 0.25) is 0 Å². The molecule has 8 nitrogen and oxygen atoms in total. The van der Waals surface area contributed by atoms with Gasteiger partial charge in [0.25, 0.3) is 11.6 Å². The van der Waals surface area contributed by atoms with Gasteiger partial charge in [-0.3, -0.25) is 14.9 Å². The lowest BCUT2D eigenvalue weighted by Crippen LogP contribution is -2.21. The van der Waals surface area contributed by atoms with E-state index in [0.717, 1.165) is 16.3 Å². The number of carbonyl (C=O) groups excluding carboxylic acids is 2. The van der Waals surface area contributed by atoms with Crippen LogP contribution in [0.25, 0.3) is 11.3 Å². The summed E-state index contributed by atoms with van der Waals surface area (Å²) >= 11 is 1.53. The average molecular weight is 411 g/mol. The van der Waals surface area contributed by atoms with Crippen LogP contribution in [0.3, 0.4) is 0 Å². The molecular formula is C20H17N3O5S. The molecule has 0 aliphatic heterocycles. The number of carbonyl (C=O) groups is 2. The molecule has 0 bridgehead atoms. The van der Waals surface area contributed by atoms with Crippen LogP contribution in [-0.4, -0.2) is 28.4 Å². The maximum absolute atomic E-state index is 12.2. The molecule has 1 heterocycles. The Balaban J connectivity index is 1.64. The van der Waals surface area contributed by atoms with E-state index in [2.05, 4.69) is 10.3 Å². The minimum atomic E-state index is -0.928. The van der Waals surface area contributed by atoms with Crippen molar-refractivity contribution in [3.63, 3.8) is 0 Å². The van der Waals surface area contributed by atoms with Crippen LogP contribution in [0, 0.1) is 24.0 Å². The maximum Gasteiger partial charge on any atom is 0.345 e. The van der Waals surface area contributed by atoms with Crippen molar-refractivity contribution in [1.29, 1.82) is 0 Å². The van der Waals surface area contributed by atoms with E-state index in [1.807, 2.05) is 18.4 Å². The van der Waals surface area contributed by atoms with Gasteiger partial charge in [0.1, 0.15) is 5.56 Å². The third kappa shape index (κ3) is 4.82. The molecule has 0 aliphatic carbocycles. The first-order valence-electron chi connectivity index (χ1n) is 8.58. The number of para-hydroxylation sites is 1. The fourth-order valence-electron chi connectivity index (χ4n) is 2.72. The number of nitrogens with zero attached hydrogens (tertiary/aromatic N) is 2. The van der Waals surface area contributed by atoms with E-state index >= 15 is 0 Å². The first-order chi connectivity index (χ1) is 13.8. The second-order valence-corrected chi connectivity index (χ2v) is 7.25. The Hall–Kier alpha value is -3.59. The van der Waals surface area contributed by atoms with Crippen molar-refractivity contribution in [2.24, 2.45) is 0 Å². The minimum absolute atomic E-state index is 0.191. The second-order valence-electron chi connectivity index (χ2n) is 6.19. The number of benzene rings is 2. The van der Waals surface area contributed by atoms with Crippen molar-refractivity contribution in [3.05, 3.63) is 74.1 Å².